The zero-order valence-electron chi connectivity index (χ0n) is 14.6. The number of nitrogens with two attached hydrogens (primary N) is 1. The lowest BCUT2D eigenvalue weighted by Gasteiger charge is -2.37. The van der Waals surface area contributed by atoms with Gasteiger partial charge in [-0.2, -0.15) is 0 Å². The van der Waals surface area contributed by atoms with Crippen LogP contribution >= 0.6 is 0 Å². The van der Waals surface area contributed by atoms with Crippen molar-refractivity contribution < 1.29 is 9.53 Å². The van der Waals surface area contributed by atoms with Gasteiger partial charge < -0.3 is 15.4 Å². The summed E-state index contributed by atoms with van der Waals surface area (Å²) in [6.45, 7) is 8.35. The monoisotopic (exact) mass is 331 g/mol. The summed E-state index contributed by atoms with van der Waals surface area (Å²) in [5.41, 5.74) is 7.34. The minimum Gasteiger partial charge on any atom is -0.381 e. The second-order valence-corrected chi connectivity index (χ2v) is 7.08. The van der Waals surface area contributed by atoms with E-state index in [0.29, 0.717) is 5.92 Å². The van der Waals surface area contributed by atoms with Gasteiger partial charge in [0.2, 0.25) is 5.91 Å². The zero-order valence-corrected chi connectivity index (χ0v) is 14.6. The molecule has 2 heterocycles. The van der Waals surface area contributed by atoms with Crippen molar-refractivity contribution in [2.45, 2.75) is 19.4 Å². The van der Waals surface area contributed by atoms with Crippen LogP contribution in [0.4, 0.5) is 0 Å². The van der Waals surface area contributed by atoms with E-state index in [4.69, 9.17) is 10.5 Å². The van der Waals surface area contributed by atoms with Gasteiger partial charge in [0.1, 0.15) is 0 Å². The third kappa shape index (κ3) is 4.15. The number of amides is 1. The summed E-state index contributed by atoms with van der Waals surface area (Å²) in [7, 11) is 0. The number of rotatable bonds is 5. The minimum absolute atomic E-state index is 0.176. The molecule has 24 heavy (non-hydrogen) atoms. The Bertz CT molecular complexity index is 523. The van der Waals surface area contributed by atoms with Crippen LogP contribution in [-0.2, 0) is 9.53 Å². The number of piperazine rings is 1. The number of ether oxygens (including phenoxy) is 1. The van der Waals surface area contributed by atoms with Gasteiger partial charge in [-0.15, -0.1) is 0 Å². The van der Waals surface area contributed by atoms with Crippen LogP contribution in [0.3, 0.4) is 0 Å². The first-order valence-corrected chi connectivity index (χ1v) is 9.04. The molecule has 0 saturated carbocycles. The van der Waals surface area contributed by atoms with Crippen LogP contribution in [0, 0.1) is 11.8 Å². The molecule has 2 aliphatic heterocycles. The quantitative estimate of drug-likeness (QED) is 0.888. The van der Waals surface area contributed by atoms with Crippen LogP contribution in [0.25, 0.3) is 0 Å². The Morgan fingerprint density at radius 1 is 1.25 bits per heavy atom. The highest BCUT2D eigenvalue weighted by Crippen LogP contribution is 2.22. The molecule has 132 valence electrons. The van der Waals surface area contributed by atoms with Crippen molar-refractivity contribution >= 4 is 5.91 Å². The van der Waals surface area contributed by atoms with E-state index >= 15 is 0 Å². The van der Waals surface area contributed by atoms with Crippen LogP contribution < -0.4 is 5.73 Å². The molecule has 2 fully saturated rings. The van der Waals surface area contributed by atoms with Gasteiger partial charge in [0, 0.05) is 45.4 Å². The summed E-state index contributed by atoms with van der Waals surface area (Å²) in [5, 5.41) is 0. The number of hydrogen-bond donors (Lipinski definition) is 1. The van der Waals surface area contributed by atoms with Crippen LogP contribution in [0.5, 0.6) is 0 Å². The second-order valence-electron chi connectivity index (χ2n) is 7.08. The van der Waals surface area contributed by atoms with E-state index in [9.17, 15) is 4.79 Å². The van der Waals surface area contributed by atoms with Crippen LogP contribution in [0.15, 0.2) is 30.3 Å². The number of benzene rings is 1. The fraction of sp³-hybridized carbons (Fsp3) is 0.632. The van der Waals surface area contributed by atoms with E-state index in [0.717, 1.165) is 51.5 Å². The Kier molecular flexibility index (Phi) is 5.87. The van der Waals surface area contributed by atoms with Crippen molar-refractivity contribution in [3.8, 4) is 0 Å². The van der Waals surface area contributed by atoms with Gasteiger partial charge in [0.25, 0.3) is 0 Å². The lowest BCUT2D eigenvalue weighted by Crippen LogP contribution is -2.51. The highest BCUT2D eigenvalue weighted by atomic mass is 16.5. The van der Waals surface area contributed by atoms with Crippen LogP contribution in [-0.4, -0.2) is 61.6 Å². The lowest BCUT2D eigenvalue weighted by atomic mass is 9.94. The topological polar surface area (TPSA) is 58.8 Å². The van der Waals surface area contributed by atoms with Gasteiger partial charge in [-0.25, -0.2) is 0 Å². The molecule has 3 unspecified atom stereocenters. The standard InChI is InChI=1S/C19H29N3O2/c1-15(18(20)17-5-3-2-4-6-17)19(23)22-10-8-21(9-11-22)13-16-7-12-24-14-16/h2-6,15-16,18H,7-14,20H2,1H3. The predicted octanol–water partition coefficient (Wildman–Crippen LogP) is 1.50. The van der Waals surface area contributed by atoms with E-state index in [1.807, 2.05) is 42.2 Å². The van der Waals surface area contributed by atoms with E-state index in [-0.39, 0.29) is 17.9 Å². The highest BCUT2D eigenvalue weighted by Gasteiger charge is 2.30. The number of carbonyl (C=O) groups excluding carboxylic acids is 1. The maximum absolute atomic E-state index is 12.8. The van der Waals surface area contributed by atoms with Crippen molar-refractivity contribution in [3.63, 3.8) is 0 Å². The molecule has 0 aromatic heterocycles. The molecule has 3 rings (SSSR count). The third-order valence-corrected chi connectivity index (χ3v) is 5.34. The van der Waals surface area contributed by atoms with E-state index < -0.39 is 0 Å². The number of hydrogen-bond acceptors (Lipinski definition) is 4. The maximum Gasteiger partial charge on any atom is 0.227 e. The second kappa shape index (κ2) is 8.10. The molecular weight excluding hydrogens is 302 g/mol. The summed E-state index contributed by atoms with van der Waals surface area (Å²) in [6.07, 6.45) is 1.17. The predicted molar refractivity (Wildman–Crippen MR) is 94.5 cm³/mol. The summed E-state index contributed by atoms with van der Waals surface area (Å²) >= 11 is 0. The molecule has 3 atom stereocenters. The average molecular weight is 331 g/mol. The van der Waals surface area contributed by atoms with Gasteiger partial charge in [-0.1, -0.05) is 37.3 Å². The molecule has 5 nitrogen and oxygen atoms in total. The Morgan fingerprint density at radius 3 is 2.58 bits per heavy atom. The van der Waals surface area contributed by atoms with Gasteiger partial charge in [0.05, 0.1) is 12.5 Å². The minimum atomic E-state index is -0.243. The molecule has 0 aliphatic carbocycles. The Labute approximate surface area is 144 Å². The Hall–Kier alpha value is -1.43. The molecule has 2 aliphatic rings. The molecule has 1 aromatic rings. The normalized spacial score (nSPS) is 24.8. The summed E-state index contributed by atoms with van der Waals surface area (Å²) in [4.78, 5) is 17.2. The molecular formula is C19H29N3O2. The first-order chi connectivity index (χ1) is 11.6. The first kappa shape index (κ1) is 17.4. The third-order valence-electron chi connectivity index (χ3n) is 5.34. The van der Waals surface area contributed by atoms with Crippen molar-refractivity contribution in [2.75, 3.05) is 45.9 Å². The summed E-state index contributed by atoms with van der Waals surface area (Å²) in [5.74, 6) is 0.648. The van der Waals surface area contributed by atoms with Crippen LogP contribution in [0.2, 0.25) is 0 Å². The molecule has 2 saturated heterocycles. The van der Waals surface area contributed by atoms with Crippen molar-refractivity contribution in [3.05, 3.63) is 35.9 Å². The van der Waals surface area contributed by atoms with Gasteiger partial charge in [-0.3, -0.25) is 9.69 Å². The first-order valence-electron chi connectivity index (χ1n) is 9.04. The van der Waals surface area contributed by atoms with Crippen molar-refractivity contribution in [2.24, 2.45) is 17.6 Å². The lowest BCUT2D eigenvalue weighted by molar-refractivity contribution is -0.137. The van der Waals surface area contributed by atoms with E-state index in [2.05, 4.69) is 4.90 Å². The SMILES string of the molecule is CC(C(=O)N1CCN(CC2CCOC2)CC1)C(N)c1ccccc1. The Morgan fingerprint density at radius 2 is 1.96 bits per heavy atom. The molecule has 0 radical (unpaired) electrons. The maximum atomic E-state index is 12.8. The fourth-order valence-corrected chi connectivity index (χ4v) is 3.65. The Balaban J connectivity index is 1.49. The van der Waals surface area contributed by atoms with E-state index in [1.165, 1.54) is 6.42 Å². The van der Waals surface area contributed by atoms with E-state index in [1.54, 1.807) is 0 Å². The summed E-state index contributed by atoms with van der Waals surface area (Å²) in [6, 6.07) is 9.66. The van der Waals surface area contributed by atoms with Crippen molar-refractivity contribution in [1.29, 1.82) is 0 Å². The van der Waals surface area contributed by atoms with Gasteiger partial charge >= 0.3 is 0 Å². The molecule has 0 spiro atoms. The van der Waals surface area contributed by atoms with Crippen LogP contribution in [0.1, 0.15) is 24.9 Å². The van der Waals surface area contributed by atoms with Crippen molar-refractivity contribution in [1.82, 2.24) is 9.80 Å². The molecule has 2 N–H and O–H groups in total. The molecule has 1 aromatic carbocycles. The summed E-state index contributed by atoms with van der Waals surface area (Å²) < 4.78 is 5.45. The number of nitrogens with zero attached hydrogens (tertiary/aromatic N) is 2. The number of carbonyl (C=O) groups is 1. The molecule has 0 bridgehead atoms. The average Bonchev–Trinajstić information content (AvgIpc) is 3.14. The van der Waals surface area contributed by atoms with Gasteiger partial charge in [0.15, 0.2) is 0 Å². The largest absolute Gasteiger partial charge is 0.381 e. The van der Waals surface area contributed by atoms with Gasteiger partial charge in [-0.05, 0) is 17.9 Å². The fourth-order valence-electron chi connectivity index (χ4n) is 3.65. The molecule has 1 amide bonds. The smallest absolute Gasteiger partial charge is 0.227 e. The molecule has 5 heteroatoms. The highest BCUT2D eigenvalue weighted by molar-refractivity contribution is 5.79. The zero-order chi connectivity index (χ0) is 16.9.